The van der Waals surface area contributed by atoms with Crippen molar-refractivity contribution in [2.75, 3.05) is 33.2 Å². The molecule has 136 valence electrons. The van der Waals surface area contributed by atoms with Crippen molar-refractivity contribution < 1.29 is 0 Å². The summed E-state index contributed by atoms with van der Waals surface area (Å²) in [6.45, 7) is 6.88. The number of nitrogens with zero attached hydrogens (tertiary/aromatic N) is 2. The molecule has 2 N–H and O–H groups in total. The Labute approximate surface area is 164 Å². The van der Waals surface area contributed by atoms with E-state index in [1.807, 2.05) is 13.1 Å². The van der Waals surface area contributed by atoms with E-state index in [1.165, 1.54) is 57.3 Å². The molecule has 0 amide bonds. The normalized spacial score (nSPS) is 17.5. The second-order valence-electron chi connectivity index (χ2n) is 6.39. The third-order valence-electron chi connectivity index (χ3n) is 4.52. The van der Waals surface area contributed by atoms with Crippen LogP contribution in [0.1, 0.15) is 50.6 Å². The van der Waals surface area contributed by atoms with Gasteiger partial charge in [-0.1, -0.05) is 43.2 Å². The van der Waals surface area contributed by atoms with Gasteiger partial charge in [-0.3, -0.25) is 4.99 Å². The lowest BCUT2D eigenvalue weighted by Crippen LogP contribution is -2.40. The molecule has 5 heteroatoms. The van der Waals surface area contributed by atoms with E-state index in [2.05, 4.69) is 51.7 Å². The largest absolute Gasteiger partial charge is 0.356 e. The summed E-state index contributed by atoms with van der Waals surface area (Å²) in [6, 6.07) is 10.7. The number of hydrogen-bond donors (Lipinski definition) is 2. The standard InChI is InChI=1S/C19H32N4.HI/c1-17(18-11-6-5-7-12-18)22-19(20-2)21-13-10-16-23-14-8-3-4-9-15-23;/h5-7,11-12,17H,3-4,8-10,13-16H2,1-2H3,(H2,20,21,22);1H. The van der Waals surface area contributed by atoms with Gasteiger partial charge in [-0.25, -0.2) is 0 Å². The highest BCUT2D eigenvalue weighted by molar-refractivity contribution is 14.0. The van der Waals surface area contributed by atoms with Gasteiger partial charge in [-0.15, -0.1) is 24.0 Å². The van der Waals surface area contributed by atoms with E-state index in [0.29, 0.717) is 0 Å². The van der Waals surface area contributed by atoms with E-state index in [1.54, 1.807) is 0 Å². The summed E-state index contributed by atoms with van der Waals surface area (Å²) in [7, 11) is 1.84. The van der Waals surface area contributed by atoms with Crippen molar-refractivity contribution in [3.8, 4) is 0 Å². The number of likely N-dealkylation sites (tertiary alicyclic amines) is 1. The molecular formula is C19H33IN4. The Kier molecular flexibility index (Phi) is 11.1. The van der Waals surface area contributed by atoms with Crippen molar-refractivity contribution >= 4 is 29.9 Å². The quantitative estimate of drug-likeness (QED) is 0.304. The minimum Gasteiger partial charge on any atom is -0.356 e. The zero-order valence-electron chi connectivity index (χ0n) is 15.1. The van der Waals surface area contributed by atoms with Gasteiger partial charge in [0.2, 0.25) is 0 Å². The minimum absolute atomic E-state index is 0. The summed E-state index contributed by atoms with van der Waals surface area (Å²) in [6.07, 6.45) is 6.71. The van der Waals surface area contributed by atoms with Crippen molar-refractivity contribution in [3.63, 3.8) is 0 Å². The first kappa shape index (κ1) is 21.2. The Balaban J connectivity index is 0.00000288. The monoisotopic (exact) mass is 444 g/mol. The molecule has 1 atom stereocenters. The fraction of sp³-hybridized carbons (Fsp3) is 0.632. The number of rotatable bonds is 6. The van der Waals surface area contributed by atoms with Crippen LogP contribution in [0.2, 0.25) is 0 Å². The Bertz CT molecular complexity index is 456. The fourth-order valence-corrected chi connectivity index (χ4v) is 3.09. The van der Waals surface area contributed by atoms with Crippen molar-refractivity contribution in [2.45, 2.75) is 45.1 Å². The molecule has 1 saturated heterocycles. The zero-order valence-corrected chi connectivity index (χ0v) is 17.5. The third-order valence-corrected chi connectivity index (χ3v) is 4.52. The maximum Gasteiger partial charge on any atom is 0.191 e. The summed E-state index contributed by atoms with van der Waals surface area (Å²) in [5, 5.41) is 6.89. The third kappa shape index (κ3) is 7.83. The first-order valence-corrected chi connectivity index (χ1v) is 9.04. The van der Waals surface area contributed by atoms with Crippen LogP contribution in [0, 0.1) is 0 Å². The lowest BCUT2D eigenvalue weighted by Gasteiger charge is -2.21. The topological polar surface area (TPSA) is 39.7 Å². The van der Waals surface area contributed by atoms with Crippen molar-refractivity contribution in [2.24, 2.45) is 4.99 Å². The highest BCUT2D eigenvalue weighted by Gasteiger charge is 2.09. The highest BCUT2D eigenvalue weighted by Crippen LogP contribution is 2.11. The van der Waals surface area contributed by atoms with E-state index < -0.39 is 0 Å². The molecule has 1 unspecified atom stereocenters. The molecule has 1 heterocycles. The van der Waals surface area contributed by atoms with Gasteiger partial charge in [0.05, 0.1) is 6.04 Å². The lowest BCUT2D eigenvalue weighted by molar-refractivity contribution is 0.282. The maximum absolute atomic E-state index is 4.33. The predicted octanol–water partition coefficient (Wildman–Crippen LogP) is 3.80. The summed E-state index contributed by atoms with van der Waals surface area (Å²) in [5.74, 6) is 0.886. The summed E-state index contributed by atoms with van der Waals surface area (Å²) >= 11 is 0. The second-order valence-corrected chi connectivity index (χ2v) is 6.39. The van der Waals surface area contributed by atoms with Gasteiger partial charge in [-0.2, -0.15) is 0 Å². The van der Waals surface area contributed by atoms with E-state index >= 15 is 0 Å². The van der Waals surface area contributed by atoms with Crippen LogP contribution in [0.15, 0.2) is 35.3 Å². The molecule has 0 saturated carbocycles. The van der Waals surface area contributed by atoms with Crippen molar-refractivity contribution in [3.05, 3.63) is 35.9 Å². The smallest absolute Gasteiger partial charge is 0.191 e. The molecule has 1 aliphatic heterocycles. The number of guanidine groups is 1. The van der Waals surface area contributed by atoms with Gasteiger partial charge in [-0.05, 0) is 51.4 Å². The SMILES string of the molecule is CN=C(NCCCN1CCCCCC1)NC(C)c1ccccc1.I. The van der Waals surface area contributed by atoms with Gasteiger partial charge in [0, 0.05) is 13.6 Å². The molecule has 0 spiro atoms. The van der Waals surface area contributed by atoms with Crippen LogP contribution >= 0.6 is 24.0 Å². The van der Waals surface area contributed by atoms with Crippen molar-refractivity contribution in [1.29, 1.82) is 0 Å². The van der Waals surface area contributed by atoms with Crippen LogP contribution < -0.4 is 10.6 Å². The summed E-state index contributed by atoms with van der Waals surface area (Å²) in [5.41, 5.74) is 1.28. The number of benzene rings is 1. The van der Waals surface area contributed by atoms with Crippen LogP contribution in [-0.4, -0.2) is 44.1 Å². The molecule has 0 aliphatic carbocycles. The van der Waals surface area contributed by atoms with E-state index in [9.17, 15) is 0 Å². The Morgan fingerprint density at radius 1 is 1.12 bits per heavy atom. The predicted molar refractivity (Wildman–Crippen MR) is 114 cm³/mol. The summed E-state index contributed by atoms with van der Waals surface area (Å²) < 4.78 is 0. The number of hydrogen-bond acceptors (Lipinski definition) is 2. The Morgan fingerprint density at radius 2 is 1.79 bits per heavy atom. The van der Waals surface area contributed by atoms with Crippen LogP contribution in [0.4, 0.5) is 0 Å². The summed E-state index contributed by atoms with van der Waals surface area (Å²) in [4.78, 5) is 6.94. The lowest BCUT2D eigenvalue weighted by atomic mass is 10.1. The molecule has 24 heavy (non-hydrogen) atoms. The minimum atomic E-state index is 0. The molecule has 0 bridgehead atoms. The molecule has 1 fully saturated rings. The second kappa shape index (κ2) is 12.5. The maximum atomic E-state index is 4.33. The van der Waals surface area contributed by atoms with Crippen LogP contribution in [0.25, 0.3) is 0 Å². The van der Waals surface area contributed by atoms with E-state index in [0.717, 1.165) is 12.5 Å². The fourth-order valence-electron chi connectivity index (χ4n) is 3.09. The van der Waals surface area contributed by atoms with E-state index in [4.69, 9.17) is 0 Å². The van der Waals surface area contributed by atoms with Gasteiger partial charge < -0.3 is 15.5 Å². The highest BCUT2D eigenvalue weighted by atomic mass is 127. The Morgan fingerprint density at radius 3 is 2.42 bits per heavy atom. The molecule has 1 aromatic carbocycles. The molecule has 0 aromatic heterocycles. The molecule has 1 aromatic rings. The Hall–Kier alpha value is -0.820. The van der Waals surface area contributed by atoms with Gasteiger partial charge >= 0.3 is 0 Å². The molecule has 0 radical (unpaired) electrons. The van der Waals surface area contributed by atoms with Gasteiger partial charge in [0.1, 0.15) is 0 Å². The molecular weight excluding hydrogens is 411 g/mol. The van der Waals surface area contributed by atoms with Gasteiger partial charge in [0.15, 0.2) is 5.96 Å². The first-order valence-electron chi connectivity index (χ1n) is 9.04. The first-order chi connectivity index (χ1) is 11.3. The number of aliphatic imine (C=N–C) groups is 1. The average molecular weight is 444 g/mol. The number of halogens is 1. The van der Waals surface area contributed by atoms with Crippen LogP contribution in [0.5, 0.6) is 0 Å². The van der Waals surface area contributed by atoms with Gasteiger partial charge in [0.25, 0.3) is 0 Å². The molecule has 2 rings (SSSR count). The van der Waals surface area contributed by atoms with Crippen LogP contribution in [-0.2, 0) is 0 Å². The average Bonchev–Trinajstić information content (AvgIpc) is 2.87. The molecule has 1 aliphatic rings. The zero-order chi connectivity index (χ0) is 16.3. The molecule has 4 nitrogen and oxygen atoms in total. The number of nitrogens with one attached hydrogen (secondary N) is 2. The van der Waals surface area contributed by atoms with E-state index in [-0.39, 0.29) is 30.0 Å². The van der Waals surface area contributed by atoms with Crippen LogP contribution in [0.3, 0.4) is 0 Å². The van der Waals surface area contributed by atoms with Crippen molar-refractivity contribution in [1.82, 2.24) is 15.5 Å².